The summed E-state index contributed by atoms with van der Waals surface area (Å²) in [7, 11) is 1.66. The predicted octanol–water partition coefficient (Wildman–Crippen LogP) is 5.16. The summed E-state index contributed by atoms with van der Waals surface area (Å²) in [5.74, 6) is 2.04. The SMILES string of the molecule is COc1cc(C#N)cc(C)c1-c1cccc2c(N(CC3CC3)CC3CCOC3)c(SC)nn12. The van der Waals surface area contributed by atoms with Crippen molar-refractivity contribution >= 4 is 23.0 Å². The van der Waals surface area contributed by atoms with Crippen LogP contribution in [0.15, 0.2) is 35.4 Å². The Hall–Kier alpha value is -2.69. The molecule has 33 heavy (non-hydrogen) atoms. The van der Waals surface area contributed by atoms with Gasteiger partial charge in [0.1, 0.15) is 10.8 Å². The lowest BCUT2D eigenvalue weighted by Crippen LogP contribution is -2.32. The molecule has 0 bridgehead atoms. The van der Waals surface area contributed by atoms with Gasteiger partial charge in [-0.25, -0.2) is 4.52 Å². The van der Waals surface area contributed by atoms with Gasteiger partial charge in [-0.1, -0.05) is 6.07 Å². The van der Waals surface area contributed by atoms with Crippen LogP contribution in [0.4, 0.5) is 5.69 Å². The second-order valence-electron chi connectivity index (χ2n) is 9.13. The van der Waals surface area contributed by atoms with E-state index in [4.69, 9.17) is 14.6 Å². The van der Waals surface area contributed by atoms with Crippen molar-refractivity contribution in [3.63, 3.8) is 0 Å². The first kappa shape index (κ1) is 22.1. The second-order valence-corrected chi connectivity index (χ2v) is 9.92. The highest BCUT2D eigenvalue weighted by Crippen LogP contribution is 2.41. The van der Waals surface area contributed by atoms with Gasteiger partial charge in [0.15, 0.2) is 0 Å². The Bertz CT molecular complexity index is 1210. The molecule has 3 heterocycles. The molecule has 0 amide bonds. The second kappa shape index (κ2) is 9.28. The van der Waals surface area contributed by atoms with E-state index in [9.17, 15) is 5.26 Å². The molecule has 172 valence electrons. The average Bonchev–Trinajstić information content (AvgIpc) is 3.34. The Labute approximate surface area is 199 Å². The van der Waals surface area contributed by atoms with E-state index in [-0.39, 0.29) is 0 Å². The molecular weight excluding hydrogens is 432 g/mol. The number of aryl methyl sites for hydroxylation is 1. The van der Waals surface area contributed by atoms with Gasteiger partial charge in [-0.3, -0.25) is 0 Å². The molecule has 2 aromatic heterocycles. The van der Waals surface area contributed by atoms with Crippen molar-refractivity contribution in [2.45, 2.75) is 31.2 Å². The molecule has 1 saturated heterocycles. The Balaban J connectivity index is 1.65. The van der Waals surface area contributed by atoms with Crippen molar-refractivity contribution < 1.29 is 9.47 Å². The zero-order valence-electron chi connectivity index (χ0n) is 19.5. The van der Waals surface area contributed by atoms with Crippen LogP contribution in [0.25, 0.3) is 16.8 Å². The van der Waals surface area contributed by atoms with E-state index >= 15 is 0 Å². The zero-order valence-corrected chi connectivity index (χ0v) is 20.3. The standard InChI is InChI=1S/C26H30N4O2S/c1-17-11-20(13-27)12-23(31-2)24(17)21-5-4-6-22-25(26(33-3)28-30(21)22)29(14-18-7-8-18)15-19-9-10-32-16-19/h4-6,11-12,18-19H,7-10,14-16H2,1-3H3. The lowest BCUT2D eigenvalue weighted by atomic mass is 10.0. The molecule has 1 unspecified atom stereocenters. The number of rotatable bonds is 8. The zero-order chi connectivity index (χ0) is 22.9. The molecule has 0 N–H and O–H groups in total. The maximum Gasteiger partial charge on any atom is 0.142 e. The molecule has 2 aliphatic rings. The number of hydrogen-bond acceptors (Lipinski definition) is 6. The smallest absolute Gasteiger partial charge is 0.142 e. The number of anilines is 1. The van der Waals surface area contributed by atoms with Crippen LogP contribution in [-0.2, 0) is 4.74 Å². The van der Waals surface area contributed by atoms with Crippen molar-refractivity contribution in [2.75, 3.05) is 44.6 Å². The molecule has 1 aromatic carbocycles. The molecule has 5 rings (SSSR count). The third-order valence-corrected chi connectivity index (χ3v) is 7.35. The lowest BCUT2D eigenvalue weighted by Gasteiger charge is -2.27. The largest absolute Gasteiger partial charge is 0.496 e. The predicted molar refractivity (Wildman–Crippen MR) is 132 cm³/mol. The van der Waals surface area contributed by atoms with Crippen molar-refractivity contribution in [1.29, 1.82) is 5.26 Å². The number of methoxy groups -OCH3 is 1. The summed E-state index contributed by atoms with van der Waals surface area (Å²) in [5, 5.41) is 15.5. The van der Waals surface area contributed by atoms with Crippen molar-refractivity contribution in [3.05, 3.63) is 41.5 Å². The first-order valence-corrected chi connectivity index (χ1v) is 12.8. The van der Waals surface area contributed by atoms with Crippen LogP contribution in [0.1, 0.15) is 30.4 Å². The number of ether oxygens (including phenoxy) is 2. The average molecular weight is 463 g/mol. The van der Waals surface area contributed by atoms with Crippen LogP contribution in [0.3, 0.4) is 0 Å². The number of nitrogens with zero attached hydrogens (tertiary/aromatic N) is 4. The minimum atomic E-state index is 0.567. The molecule has 1 aliphatic heterocycles. The molecule has 0 spiro atoms. The minimum absolute atomic E-state index is 0.567. The van der Waals surface area contributed by atoms with E-state index in [1.807, 2.05) is 13.0 Å². The quantitative estimate of drug-likeness (QED) is 0.431. The summed E-state index contributed by atoms with van der Waals surface area (Å²) in [6.45, 7) is 5.83. The van der Waals surface area contributed by atoms with Gasteiger partial charge in [0, 0.05) is 31.2 Å². The molecule has 3 aromatic rings. The fourth-order valence-electron chi connectivity index (χ4n) is 4.88. The normalized spacial score (nSPS) is 17.9. The number of benzene rings is 1. The topological polar surface area (TPSA) is 62.8 Å². The van der Waals surface area contributed by atoms with Crippen LogP contribution in [0.5, 0.6) is 5.75 Å². The number of thioether (sulfide) groups is 1. The van der Waals surface area contributed by atoms with Gasteiger partial charge < -0.3 is 14.4 Å². The van der Waals surface area contributed by atoms with Crippen LogP contribution in [-0.4, -0.2) is 49.3 Å². The van der Waals surface area contributed by atoms with Crippen LogP contribution in [0, 0.1) is 30.1 Å². The Morgan fingerprint density at radius 1 is 1.24 bits per heavy atom. The number of aromatic nitrogens is 2. The van der Waals surface area contributed by atoms with E-state index in [2.05, 4.69) is 39.9 Å². The lowest BCUT2D eigenvalue weighted by molar-refractivity contribution is 0.186. The molecular formula is C26H30N4O2S. The summed E-state index contributed by atoms with van der Waals surface area (Å²) in [5.41, 5.74) is 5.89. The highest BCUT2D eigenvalue weighted by Gasteiger charge is 2.30. The summed E-state index contributed by atoms with van der Waals surface area (Å²) < 4.78 is 13.5. The Morgan fingerprint density at radius 2 is 2.06 bits per heavy atom. The molecule has 7 heteroatoms. The van der Waals surface area contributed by atoms with E-state index in [1.165, 1.54) is 18.5 Å². The van der Waals surface area contributed by atoms with Crippen LogP contribution < -0.4 is 9.64 Å². The van der Waals surface area contributed by atoms with E-state index in [1.54, 1.807) is 24.9 Å². The van der Waals surface area contributed by atoms with E-state index in [0.29, 0.717) is 17.2 Å². The highest BCUT2D eigenvalue weighted by molar-refractivity contribution is 7.98. The maximum absolute atomic E-state index is 9.40. The van der Waals surface area contributed by atoms with Crippen LogP contribution in [0.2, 0.25) is 0 Å². The summed E-state index contributed by atoms with van der Waals surface area (Å²) in [6, 6.07) is 12.3. The fourth-order valence-corrected chi connectivity index (χ4v) is 5.47. The summed E-state index contributed by atoms with van der Waals surface area (Å²) >= 11 is 1.70. The maximum atomic E-state index is 9.40. The number of hydrogen-bond donors (Lipinski definition) is 0. The molecule has 1 atom stereocenters. The third kappa shape index (κ3) is 4.30. The number of nitriles is 1. The van der Waals surface area contributed by atoms with Crippen molar-refractivity contribution in [3.8, 4) is 23.1 Å². The molecule has 1 aliphatic carbocycles. The van der Waals surface area contributed by atoms with Gasteiger partial charge in [-0.05, 0) is 68.2 Å². The third-order valence-electron chi connectivity index (χ3n) is 6.69. The van der Waals surface area contributed by atoms with E-state index in [0.717, 1.165) is 66.0 Å². The number of pyridine rings is 1. The van der Waals surface area contributed by atoms with Gasteiger partial charge in [0.2, 0.25) is 0 Å². The van der Waals surface area contributed by atoms with Crippen LogP contribution >= 0.6 is 11.8 Å². The summed E-state index contributed by atoms with van der Waals surface area (Å²) in [4.78, 5) is 2.57. The van der Waals surface area contributed by atoms with Crippen molar-refractivity contribution in [2.24, 2.45) is 11.8 Å². The van der Waals surface area contributed by atoms with Crippen molar-refractivity contribution in [1.82, 2.24) is 9.61 Å². The van der Waals surface area contributed by atoms with Gasteiger partial charge >= 0.3 is 0 Å². The Kier molecular flexibility index (Phi) is 6.22. The molecule has 1 saturated carbocycles. The van der Waals surface area contributed by atoms with Gasteiger partial charge in [-0.15, -0.1) is 11.8 Å². The number of fused-ring (bicyclic) bond motifs is 1. The first-order chi connectivity index (χ1) is 16.1. The van der Waals surface area contributed by atoms with Gasteiger partial charge in [0.25, 0.3) is 0 Å². The van der Waals surface area contributed by atoms with Gasteiger partial charge in [0.05, 0.1) is 42.2 Å². The first-order valence-electron chi connectivity index (χ1n) is 11.6. The van der Waals surface area contributed by atoms with E-state index < -0.39 is 0 Å². The molecule has 0 radical (unpaired) electrons. The fraction of sp³-hybridized carbons (Fsp3) is 0.462. The Morgan fingerprint density at radius 3 is 2.73 bits per heavy atom. The highest BCUT2D eigenvalue weighted by atomic mass is 32.2. The molecule has 2 fully saturated rings. The monoisotopic (exact) mass is 462 g/mol. The summed E-state index contributed by atoms with van der Waals surface area (Å²) in [6.07, 6.45) is 5.87. The minimum Gasteiger partial charge on any atom is -0.496 e. The van der Waals surface area contributed by atoms with Gasteiger partial charge in [-0.2, -0.15) is 10.4 Å². The molecule has 6 nitrogen and oxygen atoms in total.